The summed E-state index contributed by atoms with van der Waals surface area (Å²) in [6.07, 6.45) is 4.44. The number of rotatable bonds is 3. The summed E-state index contributed by atoms with van der Waals surface area (Å²) in [4.78, 5) is 16.8. The van der Waals surface area contributed by atoms with Crippen LogP contribution in [0.2, 0.25) is 0 Å². The lowest BCUT2D eigenvalue weighted by atomic mass is 9.75. The summed E-state index contributed by atoms with van der Waals surface area (Å²) in [5.41, 5.74) is 1.34. The number of fused-ring (bicyclic) bond motifs is 3. The molecule has 6 heterocycles. The van der Waals surface area contributed by atoms with Crippen LogP contribution < -0.4 is 19.3 Å². The summed E-state index contributed by atoms with van der Waals surface area (Å²) in [7, 11) is 4.06. The molecule has 0 unspecified atom stereocenters. The number of aromatic nitrogens is 2. The molecular formula is C22H27N5O2. The molecule has 0 radical (unpaired) electrons. The van der Waals surface area contributed by atoms with Gasteiger partial charge in [0.2, 0.25) is 12.7 Å². The Morgan fingerprint density at radius 1 is 1.03 bits per heavy atom. The highest BCUT2D eigenvalue weighted by atomic mass is 16.7. The fourth-order valence-electron chi connectivity index (χ4n) is 5.81. The summed E-state index contributed by atoms with van der Waals surface area (Å²) >= 11 is 0. The maximum Gasteiger partial charge on any atom is 0.231 e. The maximum atomic E-state index is 5.67. The van der Waals surface area contributed by atoms with E-state index in [0.29, 0.717) is 24.8 Å². The van der Waals surface area contributed by atoms with E-state index >= 15 is 0 Å². The van der Waals surface area contributed by atoms with Crippen molar-refractivity contribution in [3.05, 3.63) is 36.0 Å². The van der Waals surface area contributed by atoms with Crippen molar-refractivity contribution in [1.82, 2.24) is 14.9 Å². The molecule has 5 aliphatic heterocycles. The molecule has 4 saturated heterocycles. The van der Waals surface area contributed by atoms with Crippen LogP contribution >= 0.6 is 0 Å². The average molecular weight is 393 g/mol. The molecule has 2 bridgehead atoms. The normalized spacial score (nSPS) is 31.8. The molecule has 4 fully saturated rings. The van der Waals surface area contributed by atoms with Crippen LogP contribution in [-0.2, 0) is 0 Å². The minimum Gasteiger partial charge on any atom is -0.454 e. The van der Waals surface area contributed by atoms with Gasteiger partial charge < -0.3 is 19.3 Å². The van der Waals surface area contributed by atoms with Gasteiger partial charge in [0.05, 0.1) is 6.04 Å². The molecule has 0 amide bonds. The monoisotopic (exact) mass is 393 g/mol. The number of hydrogen-bond donors (Lipinski definition) is 0. The average Bonchev–Trinajstić information content (AvgIpc) is 3.40. The fourth-order valence-corrected chi connectivity index (χ4v) is 5.81. The Kier molecular flexibility index (Phi) is 3.88. The van der Waals surface area contributed by atoms with E-state index in [1.54, 1.807) is 0 Å². The Morgan fingerprint density at radius 2 is 1.86 bits per heavy atom. The molecule has 7 nitrogen and oxygen atoms in total. The van der Waals surface area contributed by atoms with Gasteiger partial charge in [-0.15, -0.1) is 0 Å². The molecule has 0 spiro atoms. The van der Waals surface area contributed by atoms with E-state index in [4.69, 9.17) is 14.5 Å². The van der Waals surface area contributed by atoms with Crippen LogP contribution in [0.5, 0.6) is 11.5 Å². The standard InChI is InChI=1S/C22H27N5O2/c1-25(2)19-5-8-23-22(24-19)27-12-16(15-3-4-17-18(11-15)29-13-28-17)21-20(27)14-6-9-26(21)10-7-14/h3-5,8,11,14,16,20-21H,6-7,9-10,12-13H2,1-2H3/t16-,20+,21+/m1/s1. The van der Waals surface area contributed by atoms with Crippen molar-refractivity contribution in [2.75, 3.05) is 50.3 Å². The molecule has 29 heavy (non-hydrogen) atoms. The number of ether oxygens (including phenoxy) is 2. The number of piperidine rings is 3. The largest absolute Gasteiger partial charge is 0.454 e. The molecule has 7 rings (SSSR count). The highest BCUT2D eigenvalue weighted by Crippen LogP contribution is 2.48. The third-order valence-corrected chi connectivity index (χ3v) is 7.16. The zero-order valence-electron chi connectivity index (χ0n) is 17.0. The first-order chi connectivity index (χ1) is 14.2. The van der Waals surface area contributed by atoms with Crippen molar-refractivity contribution in [3.8, 4) is 11.5 Å². The van der Waals surface area contributed by atoms with Crippen LogP contribution in [0.4, 0.5) is 11.8 Å². The van der Waals surface area contributed by atoms with Gasteiger partial charge in [0.1, 0.15) is 5.82 Å². The van der Waals surface area contributed by atoms with Crippen LogP contribution in [0.15, 0.2) is 30.5 Å². The second-order valence-corrected chi connectivity index (χ2v) is 8.84. The lowest BCUT2D eigenvalue weighted by Gasteiger charge is -2.51. The molecule has 0 N–H and O–H groups in total. The van der Waals surface area contributed by atoms with Crippen LogP contribution in [-0.4, -0.2) is 67.5 Å². The van der Waals surface area contributed by atoms with E-state index in [1.165, 1.54) is 31.5 Å². The lowest BCUT2D eigenvalue weighted by molar-refractivity contribution is 0.0353. The molecule has 0 aliphatic carbocycles. The zero-order chi connectivity index (χ0) is 19.5. The Morgan fingerprint density at radius 3 is 2.69 bits per heavy atom. The summed E-state index contributed by atoms with van der Waals surface area (Å²) in [5.74, 6) is 4.69. The number of nitrogens with zero attached hydrogens (tertiary/aromatic N) is 5. The van der Waals surface area contributed by atoms with Gasteiger partial charge in [-0.05, 0) is 55.6 Å². The Labute approximate surface area is 171 Å². The first-order valence-electron chi connectivity index (χ1n) is 10.6. The van der Waals surface area contributed by atoms with Gasteiger partial charge in [-0.2, -0.15) is 4.98 Å². The third-order valence-electron chi connectivity index (χ3n) is 7.16. The van der Waals surface area contributed by atoms with Gasteiger partial charge in [0, 0.05) is 38.8 Å². The van der Waals surface area contributed by atoms with Gasteiger partial charge >= 0.3 is 0 Å². The second kappa shape index (κ2) is 6.49. The number of benzene rings is 1. The Hall–Kier alpha value is -2.54. The van der Waals surface area contributed by atoms with E-state index in [1.807, 2.05) is 31.3 Å². The minimum atomic E-state index is 0.320. The highest BCUT2D eigenvalue weighted by molar-refractivity contribution is 5.50. The third kappa shape index (κ3) is 2.67. The summed E-state index contributed by atoms with van der Waals surface area (Å²) < 4.78 is 11.2. The van der Waals surface area contributed by atoms with Gasteiger partial charge in [0.15, 0.2) is 11.5 Å². The van der Waals surface area contributed by atoms with Gasteiger partial charge in [-0.25, -0.2) is 4.98 Å². The van der Waals surface area contributed by atoms with E-state index in [0.717, 1.165) is 35.7 Å². The van der Waals surface area contributed by atoms with Crippen LogP contribution in [0.3, 0.4) is 0 Å². The SMILES string of the molecule is CN(C)c1ccnc(N2C[C@H](c3ccc4c(c3)OCO4)[C@H]3[C@@H]2C2CCN3CC2)n1. The summed E-state index contributed by atoms with van der Waals surface area (Å²) in [6.45, 7) is 3.68. The van der Waals surface area contributed by atoms with Gasteiger partial charge in [0.25, 0.3) is 0 Å². The van der Waals surface area contributed by atoms with Crippen molar-refractivity contribution >= 4 is 11.8 Å². The highest BCUT2D eigenvalue weighted by Gasteiger charge is 2.54. The predicted molar refractivity (Wildman–Crippen MR) is 111 cm³/mol. The van der Waals surface area contributed by atoms with E-state index < -0.39 is 0 Å². The number of anilines is 2. The number of hydrogen-bond acceptors (Lipinski definition) is 7. The van der Waals surface area contributed by atoms with E-state index in [-0.39, 0.29) is 0 Å². The summed E-state index contributed by atoms with van der Waals surface area (Å²) in [6, 6.07) is 9.44. The molecular weight excluding hydrogens is 366 g/mol. The fraction of sp³-hybridized carbons (Fsp3) is 0.545. The second-order valence-electron chi connectivity index (χ2n) is 8.84. The maximum absolute atomic E-state index is 5.67. The van der Waals surface area contributed by atoms with Crippen molar-refractivity contribution in [3.63, 3.8) is 0 Å². The van der Waals surface area contributed by atoms with E-state index in [2.05, 4.69) is 33.0 Å². The molecule has 7 heteroatoms. The minimum absolute atomic E-state index is 0.320. The van der Waals surface area contributed by atoms with Gasteiger partial charge in [-0.3, -0.25) is 4.90 Å². The molecule has 152 valence electrons. The molecule has 5 aliphatic rings. The predicted octanol–water partition coefficient (Wildman–Crippen LogP) is 2.34. The molecule has 2 aromatic rings. The smallest absolute Gasteiger partial charge is 0.231 e. The lowest BCUT2D eigenvalue weighted by Crippen LogP contribution is -2.60. The van der Waals surface area contributed by atoms with Crippen LogP contribution in [0.25, 0.3) is 0 Å². The topological polar surface area (TPSA) is 54.0 Å². The molecule has 0 saturated carbocycles. The first-order valence-corrected chi connectivity index (χ1v) is 10.6. The molecule has 3 atom stereocenters. The Balaban J connectivity index is 1.40. The summed E-state index contributed by atoms with van der Waals surface area (Å²) in [5, 5.41) is 0. The van der Waals surface area contributed by atoms with Crippen molar-refractivity contribution in [2.45, 2.75) is 30.8 Å². The van der Waals surface area contributed by atoms with Crippen LogP contribution in [0, 0.1) is 5.92 Å². The van der Waals surface area contributed by atoms with Crippen molar-refractivity contribution < 1.29 is 9.47 Å². The first kappa shape index (κ1) is 17.3. The molecule has 1 aromatic heterocycles. The zero-order valence-corrected chi connectivity index (χ0v) is 17.0. The molecule has 1 aromatic carbocycles. The van der Waals surface area contributed by atoms with E-state index in [9.17, 15) is 0 Å². The Bertz CT molecular complexity index is 927. The van der Waals surface area contributed by atoms with Crippen molar-refractivity contribution in [2.24, 2.45) is 5.92 Å². The quantitative estimate of drug-likeness (QED) is 0.793. The van der Waals surface area contributed by atoms with Crippen LogP contribution in [0.1, 0.15) is 24.3 Å². The van der Waals surface area contributed by atoms with Crippen molar-refractivity contribution in [1.29, 1.82) is 0 Å². The van der Waals surface area contributed by atoms with Gasteiger partial charge in [-0.1, -0.05) is 6.07 Å².